The first-order chi connectivity index (χ1) is 8.84. The molecular formula is C13H17BrN2O3. The van der Waals surface area contributed by atoms with Crippen LogP contribution in [0.25, 0.3) is 0 Å². The average Bonchev–Trinajstić information content (AvgIpc) is 2.27. The average molecular weight is 329 g/mol. The smallest absolute Gasteiger partial charge is 0.305 e. The molecule has 5 nitrogen and oxygen atoms in total. The number of rotatable bonds is 6. The minimum absolute atomic E-state index is 0.00287. The quantitative estimate of drug-likeness (QED) is 0.838. The summed E-state index contributed by atoms with van der Waals surface area (Å²) in [6.07, 6.45) is 0.00287. The lowest BCUT2D eigenvalue weighted by Crippen LogP contribution is -2.34. The molecule has 1 aromatic rings. The van der Waals surface area contributed by atoms with Gasteiger partial charge in [0.05, 0.1) is 17.7 Å². The zero-order valence-corrected chi connectivity index (χ0v) is 12.5. The number of aliphatic carboxylic acids is 1. The van der Waals surface area contributed by atoms with Gasteiger partial charge < -0.3 is 15.7 Å². The van der Waals surface area contributed by atoms with Crippen molar-refractivity contribution in [1.82, 2.24) is 0 Å². The topological polar surface area (TPSA) is 83.6 Å². The Morgan fingerprint density at radius 2 is 2.05 bits per heavy atom. The molecule has 0 aliphatic carbocycles. The zero-order valence-electron chi connectivity index (χ0n) is 10.9. The van der Waals surface area contributed by atoms with Crippen LogP contribution in [0.1, 0.15) is 30.6 Å². The Morgan fingerprint density at radius 3 is 2.53 bits per heavy atom. The number of amides is 1. The molecule has 6 heteroatoms. The molecule has 0 aliphatic rings. The van der Waals surface area contributed by atoms with Gasteiger partial charge in [0.15, 0.2) is 0 Å². The second-order valence-electron chi connectivity index (χ2n) is 4.43. The van der Waals surface area contributed by atoms with Gasteiger partial charge >= 0.3 is 5.97 Å². The summed E-state index contributed by atoms with van der Waals surface area (Å²) in [6.45, 7) is 4.20. The van der Waals surface area contributed by atoms with Gasteiger partial charge in [-0.05, 0) is 41.9 Å². The fourth-order valence-electron chi connectivity index (χ4n) is 1.87. The van der Waals surface area contributed by atoms with Crippen molar-refractivity contribution in [3.05, 3.63) is 28.2 Å². The maximum Gasteiger partial charge on any atom is 0.305 e. The van der Waals surface area contributed by atoms with Crippen LogP contribution in [0.15, 0.2) is 22.7 Å². The molecule has 19 heavy (non-hydrogen) atoms. The predicted octanol–water partition coefficient (Wildman–Crippen LogP) is 2.24. The Balaban J connectivity index is 3.19. The second kappa shape index (κ2) is 6.56. The van der Waals surface area contributed by atoms with Crippen molar-refractivity contribution in [2.45, 2.75) is 26.3 Å². The van der Waals surface area contributed by atoms with Gasteiger partial charge in [-0.1, -0.05) is 6.07 Å². The minimum Gasteiger partial charge on any atom is -0.481 e. The summed E-state index contributed by atoms with van der Waals surface area (Å²) in [5.74, 6) is -1.41. The van der Waals surface area contributed by atoms with Gasteiger partial charge in [-0.15, -0.1) is 0 Å². The fraction of sp³-hybridized carbons (Fsp3) is 0.385. The van der Waals surface area contributed by atoms with Crippen LogP contribution >= 0.6 is 15.9 Å². The van der Waals surface area contributed by atoms with Crippen LogP contribution in [0, 0.1) is 0 Å². The van der Waals surface area contributed by atoms with Crippen LogP contribution < -0.4 is 10.6 Å². The maximum absolute atomic E-state index is 11.6. The third kappa shape index (κ3) is 3.96. The van der Waals surface area contributed by atoms with Crippen molar-refractivity contribution in [3.8, 4) is 0 Å². The van der Waals surface area contributed by atoms with Gasteiger partial charge in [-0.2, -0.15) is 0 Å². The van der Waals surface area contributed by atoms with E-state index >= 15 is 0 Å². The molecule has 1 amide bonds. The predicted molar refractivity (Wildman–Crippen MR) is 77.4 cm³/mol. The molecule has 104 valence electrons. The third-order valence-electron chi connectivity index (χ3n) is 2.74. The van der Waals surface area contributed by atoms with E-state index in [0.717, 1.165) is 0 Å². The number of nitrogens with zero attached hydrogens (tertiary/aromatic N) is 1. The number of hydrogen-bond donors (Lipinski definition) is 2. The number of carboxylic acids is 1. The summed E-state index contributed by atoms with van der Waals surface area (Å²) in [4.78, 5) is 24.1. The lowest BCUT2D eigenvalue weighted by Gasteiger charge is -2.30. The van der Waals surface area contributed by atoms with Crippen LogP contribution in [0.3, 0.4) is 0 Å². The summed E-state index contributed by atoms with van der Waals surface area (Å²) in [7, 11) is 0. The molecule has 0 heterocycles. The number of anilines is 1. The van der Waals surface area contributed by atoms with Crippen LogP contribution in [0.4, 0.5) is 5.69 Å². The Bertz CT molecular complexity index is 489. The van der Waals surface area contributed by atoms with E-state index in [-0.39, 0.29) is 12.5 Å². The van der Waals surface area contributed by atoms with Crippen LogP contribution in [-0.4, -0.2) is 29.6 Å². The highest BCUT2D eigenvalue weighted by Crippen LogP contribution is 2.29. The molecule has 0 saturated heterocycles. The molecule has 1 aromatic carbocycles. The number of primary amides is 1. The van der Waals surface area contributed by atoms with E-state index in [1.54, 1.807) is 18.2 Å². The lowest BCUT2D eigenvalue weighted by molar-refractivity contribution is -0.136. The van der Waals surface area contributed by atoms with Crippen molar-refractivity contribution >= 4 is 33.5 Å². The molecule has 1 rings (SSSR count). The van der Waals surface area contributed by atoms with Crippen molar-refractivity contribution in [1.29, 1.82) is 0 Å². The molecular weight excluding hydrogens is 312 g/mol. The number of nitrogens with two attached hydrogens (primary N) is 1. The Morgan fingerprint density at radius 1 is 1.42 bits per heavy atom. The SMILES string of the molecule is CC(C)N(CCC(=O)O)c1cccc(Br)c1C(N)=O. The van der Waals surface area contributed by atoms with Gasteiger partial charge in [0, 0.05) is 17.1 Å². The van der Waals surface area contributed by atoms with Crippen LogP contribution in [0.5, 0.6) is 0 Å². The molecule has 0 atom stereocenters. The number of carbonyl (C=O) groups is 2. The van der Waals surface area contributed by atoms with E-state index in [0.29, 0.717) is 22.3 Å². The third-order valence-corrected chi connectivity index (χ3v) is 3.40. The molecule has 0 unspecified atom stereocenters. The van der Waals surface area contributed by atoms with Gasteiger partial charge in [0.2, 0.25) is 0 Å². The highest BCUT2D eigenvalue weighted by molar-refractivity contribution is 9.10. The second-order valence-corrected chi connectivity index (χ2v) is 5.28. The highest BCUT2D eigenvalue weighted by atomic mass is 79.9. The first-order valence-electron chi connectivity index (χ1n) is 5.91. The summed E-state index contributed by atoms with van der Waals surface area (Å²) in [5.41, 5.74) is 6.42. The number of carboxylic acid groups (broad SMARTS) is 1. The summed E-state index contributed by atoms with van der Waals surface area (Å²) in [6, 6.07) is 5.36. The monoisotopic (exact) mass is 328 g/mol. The molecule has 0 aliphatic heterocycles. The van der Waals surface area contributed by atoms with Crippen molar-refractivity contribution in [2.75, 3.05) is 11.4 Å². The fourth-order valence-corrected chi connectivity index (χ4v) is 2.42. The minimum atomic E-state index is -0.874. The number of carbonyl (C=O) groups excluding carboxylic acids is 1. The van der Waals surface area contributed by atoms with E-state index in [9.17, 15) is 9.59 Å². The molecule has 3 N–H and O–H groups in total. The molecule has 0 fully saturated rings. The van der Waals surface area contributed by atoms with Gasteiger partial charge in [0.1, 0.15) is 0 Å². The van der Waals surface area contributed by atoms with E-state index in [1.165, 1.54) is 0 Å². The van der Waals surface area contributed by atoms with Crippen LogP contribution in [0.2, 0.25) is 0 Å². The molecule has 0 bridgehead atoms. The molecule has 0 aromatic heterocycles. The molecule has 0 spiro atoms. The normalized spacial score (nSPS) is 10.5. The molecule has 0 saturated carbocycles. The summed E-state index contributed by atoms with van der Waals surface area (Å²) in [5, 5.41) is 8.80. The Kier molecular flexibility index (Phi) is 5.35. The highest BCUT2D eigenvalue weighted by Gasteiger charge is 2.20. The Hall–Kier alpha value is -1.56. The standard InChI is InChI=1S/C13H17BrN2O3/c1-8(2)16(7-6-11(17)18)10-5-3-4-9(14)12(10)13(15)19/h3-5,8H,6-7H2,1-2H3,(H2,15,19)(H,17,18). The van der Waals surface area contributed by atoms with Gasteiger partial charge in [-0.25, -0.2) is 0 Å². The first kappa shape index (κ1) is 15.5. The number of halogens is 1. The van der Waals surface area contributed by atoms with Gasteiger partial charge in [0.25, 0.3) is 5.91 Å². The van der Waals surface area contributed by atoms with Gasteiger partial charge in [-0.3, -0.25) is 9.59 Å². The lowest BCUT2D eigenvalue weighted by atomic mass is 10.1. The first-order valence-corrected chi connectivity index (χ1v) is 6.70. The van der Waals surface area contributed by atoms with Crippen LogP contribution in [-0.2, 0) is 4.79 Å². The zero-order chi connectivity index (χ0) is 14.6. The Labute approximate surface area is 120 Å². The van der Waals surface area contributed by atoms with Crippen molar-refractivity contribution in [2.24, 2.45) is 5.73 Å². The largest absolute Gasteiger partial charge is 0.481 e. The van der Waals surface area contributed by atoms with E-state index in [2.05, 4.69) is 15.9 Å². The number of hydrogen-bond acceptors (Lipinski definition) is 3. The maximum atomic E-state index is 11.6. The van der Waals surface area contributed by atoms with E-state index in [4.69, 9.17) is 10.8 Å². The summed E-state index contributed by atoms with van der Waals surface area (Å²) >= 11 is 3.30. The number of benzene rings is 1. The van der Waals surface area contributed by atoms with Crippen molar-refractivity contribution in [3.63, 3.8) is 0 Å². The summed E-state index contributed by atoms with van der Waals surface area (Å²) < 4.78 is 0.610. The van der Waals surface area contributed by atoms with E-state index in [1.807, 2.05) is 18.7 Å². The van der Waals surface area contributed by atoms with E-state index < -0.39 is 11.9 Å². The van der Waals surface area contributed by atoms with Crippen molar-refractivity contribution < 1.29 is 14.7 Å². The molecule has 0 radical (unpaired) electrons.